The monoisotopic (exact) mass is 366 g/mol. The van der Waals surface area contributed by atoms with Crippen molar-refractivity contribution in [2.75, 3.05) is 6.61 Å². The average molecular weight is 366 g/mol. The smallest absolute Gasteiger partial charge is 0.337 e. The number of rotatable bonds is 6. The number of aromatic nitrogens is 2. The van der Waals surface area contributed by atoms with Crippen LogP contribution in [-0.4, -0.2) is 39.9 Å². The van der Waals surface area contributed by atoms with Crippen LogP contribution in [0.5, 0.6) is 0 Å². The van der Waals surface area contributed by atoms with Crippen LogP contribution in [0, 0.1) is 0 Å². The molecule has 1 saturated carbocycles. The van der Waals surface area contributed by atoms with Gasteiger partial charge >= 0.3 is 11.7 Å². The van der Waals surface area contributed by atoms with Gasteiger partial charge in [0.05, 0.1) is 12.2 Å². The summed E-state index contributed by atoms with van der Waals surface area (Å²) in [5.74, 6) is -0.405. The molecular formula is C18H26N2O6. The number of carbonyl (C=O) groups is 1. The Hall–Kier alpha value is -1.93. The fourth-order valence-electron chi connectivity index (χ4n) is 3.48. The summed E-state index contributed by atoms with van der Waals surface area (Å²) in [6, 6.07) is 1.28. The molecular weight excluding hydrogens is 340 g/mol. The van der Waals surface area contributed by atoms with Gasteiger partial charge in [0, 0.05) is 12.3 Å². The highest BCUT2D eigenvalue weighted by Gasteiger charge is 2.36. The van der Waals surface area contributed by atoms with Crippen LogP contribution in [0.1, 0.15) is 58.6 Å². The Morgan fingerprint density at radius 2 is 2.00 bits per heavy atom. The highest BCUT2D eigenvalue weighted by molar-refractivity contribution is 5.78. The summed E-state index contributed by atoms with van der Waals surface area (Å²) in [4.78, 5) is 37.5. The summed E-state index contributed by atoms with van der Waals surface area (Å²) >= 11 is 0. The summed E-state index contributed by atoms with van der Waals surface area (Å²) in [7, 11) is 0. The third kappa shape index (κ3) is 4.42. The average Bonchev–Trinajstić information content (AvgIpc) is 3.24. The molecule has 2 unspecified atom stereocenters. The topological polar surface area (TPSA) is 99.6 Å². The van der Waals surface area contributed by atoms with Crippen LogP contribution in [-0.2, 0) is 19.0 Å². The van der Waals surface area contributed by atoms with E-state index in [2.05, 4.69) is 4.98 Å². The quantitative estimate of drug-likeness (QED) is 0.766. The Bertz CT molecular complexity index is 747. The van der Waals surface area contributed by atoms with Crippen molar-refractivity contribution in [3.8, 4) is 0 Å². The van der Waals surface area contributed by atoms with Crippen molar-refractivity contribution < 1.29 is 19.0 Å². The molecule has 0 amide bonds. The third-order valence-corrected chi connectivity index (χ3v) is 4.90. The second-order valence-corrected chi connectivity index (χ2v) is 7.44. The number of ether oxygens (including phenoxy) is 3. The number of esters is 1. The first-order valence-corrected chi connectivity index (χ1v) is 9.17. The molecule has 1 aromatic rings. The van der Waals surface area contributed by atoms with Crippen LogP contribution in [0.2, 0.25) is 0 Å². The maximum Gasteiger partial charge on any atom is 0.337 e. The van der Waals surface area contributed by atoms with Gasteiger partial charge in [0.1, 0.15) is 12.8 Å². The van der Waals surface area contributed by atoms with Crippen molar-refractivity contribution in [1.29, 1.82) is 0 Å². The molecule has 1 saturated heterocycles. The lowest BCUT2D eigenvalue weighted by molar-refractivity contribution is -0.178. The van der Waals surface area contributed by atoms with Crippen molar-refractivity contribution in [2.24, 2.45) is 0 Å². The molecule has 0 radical (unpaired) electrons. The van der Waals surface area contributed by atoms with Gasteiger partial charge in [-0.1, -0.05) is 12.8 Å². The Morgan fingerprint density at radius 3 is 2.69 bits per heavy atom. The first-order valence-electron chi connectivity index (χ1n) is 9.17. The van der Waals surface area contributed by atoms with Gasteiger partial charge in [-0.3, -0.25) is 14.3 Å². The van der Waals surface area contributed by atoms with E-state index in [1.165, 1.54) is 16.8 Å². The standard InChI is InChI=1S/C18H26N2O6/c1-18(2,26-12-5-3-4-6-12)16(22)24-11-13-7-8-15(25-13)20-10-9-14(21)19-17(20)23/h9-10,12-13,15H,3-8,11H2,1-2H3,(H,19,21,23). The molecule has 0 aromatic carbocycles. The summed E-state index contributed by atoms with van der Waals surface area (Å²) in [6.45, 7) is 3.57. The van der Waals surface area contributed by atoms with Crippen LogP contribution < -0.4 is 11.2 Å². The molecule has 2 atom stereocenters. The Balaban J connectivity index is 1.50. The van der Waals surface area contributed by atoms with Gasteiger partial charge in [0.2, 0.25) is 0 Å². The molecule has 1 aliphatic heterocycles. The van der Waals surface area contributed by atoms with Crippen LogP contribution in [0.25, 0.3) is 0 Å². The molecule has 2 heterocycles. The van der Waals surface area contributed by atoms with E-state index in [1.54, 1.807) is 13.8 Å². The van der Waals surface area contributed by atoms with Gasteiger partial charge in [-0.15, -0.1) is 0 Å². The maximum absolute atomic E-state index is 12.4. The number of nitrogens with zero attached hydrogens (tertiary/aromatic N) is 1. The second kappa shape index (κ2) is 7.75. The fraction of sp³-hybridized carbons (Fsp3) is 0.722. The lowest BCUT2D eigenvalue weighted by atomic mass is 10.1. The first kappa shape index (κ1) is 18.8. The van der Waals surface area contributed by atoms with E-state index in [4.69, 9.17) is 14.2 Å². The van der Waals surface area contributed by atoms with E-state index in [9.17, 15) is 14.4 Å². The molecule has 144 valence electrons. The largest absolute Gasteiger partial charge is 0.461 e. The zero-order chi connectivity index (χ0) is 18.7. The summed E-state index contributed by atoms with van der Waals surface area (Å²) in [5.41, 5.74) is -1.94. The predicted octanol–water partition coefficient (Wildman–Crippen LogP) is 1.50. The Labute approximate surface area is 151 Å². The highest BCUT2D eigenvalue weighted by atomic mass is 16.6. The number of nitrogens with one attached hydrogen (secondary N) is 1. The summed E-state index contributed by atoms with van der Waals surface area (Å²) in [5, 5.41) is 0. The Morgan fingerprint density at radius 1 is 1.27 bits per heavy atom. The second-order valence-electron chi connectivity index (χ2n) is 7.44. The zero-order valence-corrected chi connectivity index (χ0v) is 15.2. The molecule has 1 aliphatic carbocycles. The predicted molar refractivity (Wildman–Crippen MR) is 92.8 cm³/mol. The molecule has 3 rings (SSSR count). The minimum atomic E-state index is -0.983. The minimum absolute atomic E-state index is 0.116. The van der Waals surface area contributed by atoms with Crippen molar-refractivity contribution >= 4 is 5.97 Å². The van der Waals surface area contributed by atoms with Crippen LogP contribution in [0.15, 0.2) is 21.9 Å². The van der Waals surface area contributed by atoms with Gasteiger partial charge in [-0.2, -0.15) is 0 Å². The minimum Gasteiger partial charge on any atom is -0.461 e. The van der Waals surface area contributed by atoms with Crippen molar-refractivity contribution in [3.63, 3.8) is 0 Å². The third-order valence-electron chi connectivity index (χ3n) is 4.90. The lowest BCUT2D eigenvalue weighted by Crippen LogP contribution is -2.40. The number of hydrogen-bond acceptors (Lipinski definition) is 6. The molecule has 1 aromatic heterocycles. The van der Waals surface area contributed by atoms with Gasteiger partial charge in [-0.05, 0) is 39.5 Å². The van der Waals surface area contributed by atoms with Gasteiger partial charge in [-0.25, -0.2) is 9.59 Å². The van der Waals surface area contributed by atoms with E-state index in [-0.39, 0.29) is 18.8 Å². The molecule has 2 aliphatic rings. The molecule has 26 heavy (non-hydrogen) atoms. The highest BCUT2D eigenvalue weighted by Crippen LogP contribution is 2.29. The van der Waals surface area contributed by atoms with Crippen LogP contribution in [0.3, 0.4) is 0 Å². The molecule has 0 spiro atoms. The van der Waals surface area contributed by atoms with Crippen molar-refractivity contribution in [1.82, 2.24) is 9.55 Å². The van der Waals surface area contributed by atoms with Crippen LogP contribution >= 0.6 is 0 Å². The number of aromatic amines is 1. The van der Waals surface area contributed by atoms with E-state index >= 15 is 0 Å². The molecule has 8 heteroatoms. The first-order chi connectivity index (χ1) is 12.3. The summed E-state index contributed by atoms with van der Waals surface area (Å²) in [6.07, 6.45) is 6.29. The number of hydrogen-bond donors (Lipinski definition) is 1. The lowest BCUT2D eigenvalue weighted by Gasteiger charge is -2.27. The summed E-state index contributed by atoms with van der Waals surface area (Å²) < 4.78 is 18.4. The number of H-pyrrole nitrogens is 1. The molecule has 8 nitrogen and oxygen atoms in total. The van der Waals surface area contributed by atoms with E-state index < -0.39 is 29.0 Å². The molecule has 1 N–H and O–H groups in total. The zero-order valence-electron chi connectivity index (χ0n) is 15.2. The molecule has 0 bridgehead atoms. The van der Waals surface area contributed by atoms with Gasteiger partial charge < -0.3 is 14.2 Å². The van der Waals surface area contributed by atoms with Gasteiger partial charge in [0.25, 0.3) is 5.56 Å². The van der Waals surface area contributed by atoms with Crippen LogP contribution in [0.4, 0.5) is 0 Å². The molecule has 2 fully saturated rings. The fourth-order valence-corrected chi connectivity index (χ4v) is 3.48. The van der Waals surface area contributed by atoms with E-state index in [1.807, 2.05) is 0 Å². The van der Waals surface area contributed by atoms with Gasteiger partial charge in [0.15, 0.2) is 5.60 Å². The van der Waals surface area contributed by atoms with Crippen molar-refractivity contribution in [2.45, 2.75) is 76.4 Å². The normalized spacial score (nSPS) is 24.1. The maximum atomic E-state index is 12.4. The van der Waals surface area contributed by atoms with E-state index in [0.717, 1.165) is 25.7 Å². The Kier molecular flexibility index (Phi) is 5.62. The number of carbonyl (C=O) groups excluding carboxylic acids is 1. The van der Waals surface area contributed by atoms with Crippen molar-refractivity contribution in [3.05, 3.63) is 33.1 Å². The van der Waals surface area contributed by atoms with E-state index in [0.29, 0.717) is 12.8 Å². The SMILES string of the molecule is CC(C)(OC1CCCC1)C(=O)OCC1CCC(n2ccc(=O)[nH]c2=O)O1.